The van der Waals surface area contributed by atoms with Gasteiger partial charge in [-0.25, -0.2) is 0 Å². The Labute approximate surface area is 87.6 Å². The summed E-state index contributed by atoms with van der Waals surface area (Å²) in [6.45, 7) is 2.62. The van der Waals surface area contributed by atoms with Gasteiger partial charge in [-0.2, -0.15) is 0 Å². The maximum atomic E-state index is 10.9. The number of carbonyl (C=O) groups excluding carboxylic acids is 1. The standard InChI is InChI=1S/C11H12O2S/c1-8-2-4-9(5-3-8)14-10-6-11(12)13-7-10/h2-5,10H,6-7H2,1H3. The maximum Gasteiger partial charge on any atom is 0.307 e. The van der Waals surface area contributed by atoms with Gasteiger partial charge < -0.3 is 4.74 Å². The minimum Gasteiger partial charge on any atom is -0.464 e. The van der Waals surface area contributed by atoms with Crippen molar-refractivity contribution in [1.82, 2.24) is 0 Å². The number of thioether (sulfide) groups is 1. The molecule has 1 atom stereocenters. The minimum absolute atomic E-state index is 0.0744. The van der Waals surface area contributed by atoms with Crippen LogP contribution in [0.4, 0.5) is 0 Å². The molecule has 0 saturated carbocycles. The molecule has 3 heteroatoms. The summed E-state index contributed by atoms with van der Waals surface area (Å²) < 4.78 is 4.90. The first-order valence-electron chi connectivity index (χ1n) is 4.63. The van der Waals surface area contributed by atoms with Crippen LogP contribution >= 0.6 is 11.8 Å². The highest BCUT2D eigenvalue weighted by atomic mass is 32.2. The molecule has 1 heterocycles. The van der Waals surface area contributed by atoms with Crippen LogP contribution in [0.15, 0.2) is 29.2 Å². The van der Waals surface area contributed by atoms with Gasteiger partial charge in [-0.15, -0.1) is 11.8 Å². The third kappa shape index (κ3) is 2.29. The number of hydrogen-bond acceptors (Lipinski definition) is 3. The molecule has 0 aliphatic carbocycles. The predicted molar refractivity (Wildman–Crippen MR) is 56.4 cm³/mol. The van der Waals surface area contributed by atoms with Gasteiger partial charge in [0, 0.05) is 4.90 Å². The van der Waals surface area contributed by atoms with Gasteiger partial charge in [0.15, 0.2) is 0 Å². The Morgan fingerprint density at radius 2 is 2.07 bits per heavy atom. The molecule has 0 N–H and O–H groups in total. The SMILES string of the molecule is Cc1ccc(SC2COC(=O)C2)cc1. The number of benzene rings is 1. The molecule has 0 amide bonds. The molecule has 0 aromatic heterocycles. The fourth-order valence-electron chi connectivity index (χ4n) is 1.37. The van der Waals surface area contributed by atoms with Crippen LogP contribution in [-0.4, -0.2) is 17.8 Å². The van der Waals surface area contributed by atoms with Crippen LogP contribution in [-0.2, 0) is 9.53 Å². The van der Waals surface area contributed by atoms with Gasteiger partial charge in [0.25, 0.3) is 0 Å². The molecular weight excluding hydrogens is 196 g/mol. The van der Waals surface area contributed by atoms with Gasteiger partial charge >= 0.3 is 5.97 Å². The molecule has 1 aromatic carbocycles. The topological polar surface area (TPSA) is 26.3 Å². The van der Waals surface area contributed by atoms with Crippen molar-refractivity contribution >= 4 is 17.7 Å². The largest absolute Gasteiger partial charge is 0.464 e. The zero-order valence-electron chi connectivity index (χ0n) is 8.03. The molecule has 0 spiro atoms. The second kappa shape index (κ2) is 4.05. The molecule has 1 aliphatic rings. The molecular formula is C11H12O2S. The first-order valence-corrected chi connectivity index (χ1v) is 5.51. The van der Waals surface area contributed by atoms with Crippen molar-refractivity contribution in [3.8, 4) is 0 Å². The van der Waals surface area contributed by atoms with Gasteiger partial charge in [-0.3, -0.25) is 4.79 Å². The van der Waals surface area contributed by atoms with Crippen molar-refractivity contribution in [2.75, 3.05) is 6.61 Å². The lowest BCUT2D eigenvalue weighted by molar-refractivity contribution is -0.137. The van der Waals surface area contributed by atoms with E-state index in [0.29, 0.717) is 18.3 Å². The number of ether oxygens (including phenoxy) is 1. The smallest absolute Gasteiger partial charge is 0.307 e. The van der Waals surface area contributed by atoms with E-state index in [9.17, 15) is 4.79 Å². The Morgan fingerprint density at radius 1 is 1.36 bits per heavy atom. The Morgan fingerprint density at radius 3 is 2.64 bits per heavy atom. The second-order valence-corrected chi connectivity index (χ2v) is 4.81. The van der Waals surface area contributed by atoms with E-state index in [1.54, 1.807) is 11.8 Å². The van der Waals surface area contributed by atoms with Crippen molar-refractivity contribution in [1.29, 1.82) is 0 Å². The van der Waals surface area contributed by atoms with Crippen LogP contribution in [0.3, 0.4) is 0 Å². The van der Waals surface area contributed by atoms with E-state index in [1.807, 2.05) is 0 Å². The molecule has 1 fully saturated rings. The van der Waals surface area contributed by atoms with Crippen molar-refractivity contribution in [3.63, 3.8) is 0 Å². The average molecular weight is 208 g/mol. The normalized spacial score (nSPS) is 20.9. The van der Waals surface area contributed by atoms with E-state index >= 15 is 0 Å². The summed E-state index contributed by atoms with van der Waals surface area (Å²) in [6.07, 6.45) is 0.540. The summed E-state index contributed by atoms with van der Waals surface area (Å²) in [6, 6.07) is 8.34. The predicted octanol–water partition coefficient (Wildman–Crippen LogP) is 2.40. The van der Waals surface area contributed by atoms with Gasteiger partial charge in [0.2, 0.25) is 0 Å². The van der Waals surface area contributed by atoms with Gasteiger partial charge in [0.05, 0.1) is 11.7 Å². The number of hydrogen-bond donors (Lipinski definition) is 0. The number of esters is 1. The summed E-state index contributed by atoms with van der Waals surface area (Å²) in [7, 11) is 0. The molecule has 1 unspecified atom stereocenters. The highest BCUT2D eigenvalue weighted by molar-refractivity contribution is 8.00. The molecule has 2 nitrogen and oxygen atoms in total. The minimum atomic E-state index is -0.0744. The first-order chi connectivity index (χ1) is 6.74. The van der Waals surface area contributed by atoms with Crippen LogP contribution < -0.4 is 0 Å². The third-order valence-electron chi connectivity index (χ3n) is 2.15. The zero-order valence-corrected chi connectivity index (χ0v) is 8.84. The second-order valence-electron chi connectivity index (χ2n) is 3.44. The molecule has 1 aromatic rings. The van der Waals surface area contributed by atoms with Crippen LogP contribution in [0.1, 0.15) is 12.0 Å². The van der Waals surface area contributed by atoms with Crippen LogP contribution in [0.25, 0.3) is 0 Å². The summed E-state index contributed by atoms with van der Waals surface area (Å²) in [4.78, 5) is 12.1. The van der Waals surface area contributed by atoms with Crippen LogP contribution in [0.2, 0.25) is 0 Å². The average Bonchev–Trinajstić information content (AvgIpc) is 2.56. The van der Waals surface area contributed by atoms with Crippen molar-refractivity contribution in [2.24, 2.45) is 0 Å². The fraction of sp³-hybridized carbons (Fsp3) is 0.364. The zero-order chi connectivity index (χ0) is 9.97. The van der Waals surface area contributed by atoms with Gasteiger partial charge in [-0.05, 0) is 19.1 Å². The molecule has 14 heavy (non-hydrogen) atoms. The van der Waals surface area contributed by atoms with E-state index in [-0.39, 0.29) is 5.97 Å². The third-order valence-corrected chi connectivity index (χ3v) is 3.33. The lowest BCUT2D eigenvalue weighted by Gasteiger charge is -2.05. The van der Waals surface area contributed by atoms with E-state index in [1.165, 1.54) is 10.5 Å². The lowest BCUT2D eigenvalue weighted by atomic mass is 10.2. The highest BCUT2D eigenvalue weighted by Gasteiger charge is 2.24. The summed E-state index contributed by atoms with van der Waals surface area (Å²) in [5.41, 5.74) is 1.26. The number of cyclic esters (lactones) is 1. The van der Waals surface area contributed by atoms with Crippen molar-refractivity contribution < 1.29 is 9.53 Å². The van der Waals surface area contributed by atoms with Gasteiger partial charge in [-0.1, -0.05) is 17.7 Å². The van der Waals surface area contributed by atoms with Crippen molar-refractivity contribution in [3.05, 3.63) is 29.8 Å². The molecule has 74 valence electrons. The molecule has 1 aliphatic heterocycles. The maximum absolute atomic E-state index is 10.9. The lowest BCUT2D eigenvalue weighted by Crippen LogP contribution is -1.99. The first kappa shape index (κ1) is 9.59. The Bertz CT molecular complexity index is 332. The number of aryl methyl sites for hydroxylation is 1. The quantitative estimate of drug-likeness (QED) is 0.698. The molecule has 0 bridgehead atoms. The Kier molecular flexibility index (Phi) is 2.77. The van der Waals surface area contributed by atoms with Crippen LogP contribution in [0, 0.1) is 6.92 Å². The Hall–Kier alpha value is -0.960. The highest BCUT2D eigenvalue weighted by Crippen LogP contribution is 2.28. The molecule has 0 radical (unpaired) electrons. The summed E-state index contributed by atoms with van der Waals surface area (Å²) >= 11 is 1.72. The molecule has 2 rings (SSSR count). The Balaban J connectivity index is 1.97. The summed E-state index contributed by atoms with van der Waals surface area (Å²) in [5, 5.41) is 0.296. The van der Waals surface area contributed by atoms with Crippen LogP contribution in [0.5, 0.6) is 0 Å². The number of rotatable bonds is 2. The van der Waals surface area contributed by atoms with Crippen molar-refractivity contribution in [2.45, 2.75) is 23.5 Å². The molecule has 1 saturated heterocycles. The summed E-state index contributed by atoms with van der Waals surface area (Å²) in [5.74, 6) is -0.0744. The van der Waals surface area contributed by atoms with Gasteiger partial charge in [0.1, 0.15) is 6.61 Å². The monoisotopic (exact) mass is 208 g/mol. The van der Waals surface area contributed by atoms with E-state index in [2.05, 4.69) is 31.2 Å². The van der Waals surface area contributed by atoms with E-state index < -0.39 is 0 Å². The van der Waals surface area contributed by atoms with E-state index in [4.69, 9.17) is 4.74 Å². The number of carbonyl (C=O) groups is 1. The van der Waals surface area contributed by atoms with E-state index in [0.717, 1.165) is 0 Å². The fourth-order valence-corrected chi connectivity index (χ4v) is 2.41.